The van der Waals surface area contributed by atoms with Crippen molar-refractivity contribution in [1.29, 1.82) is 0 Å². The first-order valence-electron chi connectivity index (χ1n) is 8.64. The fourth-order valence-electron chi connectivity index (χ4n) is 3.27. The van der Waals surface area contributed by atoms with E-state index in [-0.39, 0.29) is 18.3 Å². The lowest BCUT2D eigenvalue weighted by atomic mass is 9.90. The molecule has 7 heteroatoms. The number of aliphatic hydroxyl groups excluding tert-OH is 1. The number of phenols is 1. The van der Waals surface area contributed by atoms with Crippen LogP contribution in [0.4, 0.5) is 0 Å². The molecule has 0 spiro atoms. The predicted molar refractivity (Wildman–Crippen MR) is 102 cm³/mol. The van der Waals surface area contributed by atoms with Crippen LogP contribution in [0.3, 0.4) is 0 Å². The van der Waals surface area contributed by atoms with Gasteiger partial charge < -0.3 is 29.2 Å². The molecule has 0 radical (unpaired) electrons. The van der Waals surface area contributed by atoms with E-state index in [1.165, 1.54) is 33.5 Å². The molecule has 7 nitrogen and oxygen atoms in total. The van der Waals surface area contributed by atoms with Crippen LogP contribution in [0.25, 0.3) is 6.08 Å². The summed E-state index contributed by atoms with van der Waals surface area (Å²) in [6.45, 7) is -0.159. The molecule has 0 unspecified atom stereocenters. The number of rotatable bonds is 6. The lowest BCUT2D eigenvalue weighted by Crippen LogP contribution is -2.13. The summed E-state index contributed by atoms with van der Waals surface area (Å²) in [4.78, 5) is 11.4. The van der Waals surface area contributed by atoms with Gasteiger partial charge in [-0.25, -0.2) is 4.79 Å². The number of hydrogen-bond donors (Lipinski definition) is 2. The second-order valence-electron chi connectivity index (χ2n) is 6.26. The van der Waals surface area contributed by atoms with Crippen LogP contribution in [-0.2, 0) is 9.53 Å². The van der Waals surface area contributed by atoms with E-state index >= 15 is 0 Å². The van der Waals surface area contributed by atoms with Crippen LogP contribution >= 0.6 is 0 Å². The Balaban J connectivity index is 2.02. The summed E-state index contributed by atoms with van der Waals surface area (Å²) in [5.41, 5.74) is 2.23. The van der Waals surface area contributed by atoms with E-state index < -0.39 is 12.1 Å². The quantitative estimate of drug-likeness (QED) is 0.582. The minimum Gasteiger partial charge on any atom is -0.504 e. The number of carbonyl (C=O) groups excluding carboxylic acids is 1. The molecule has 2 aromatic rings. The van der Waals surface area contributed by atoms with Gasteiger partial charge in [-0.15, -0.1) is 0 Å². The molecule has 2 N–H and O–H groups in total. The Morgan fingerprint density at radius 2 is 1.89 bits per heavy atom. The third-order valence-electron chi connectivity index (χ3n) is 4.68. The van der Waals surface area contributed by atoms with E-state index in [1.807, 2.05) is 6.07 Å². The summed E-state index contributed by atoms with van der Waals surface area (Å²) in [7, 11) is 4.30. The number of aliphatic hydroxyl groups is 1. The van der Waals surface area contributed by atoms with Crippen molar-refractivity contribution < 1.29 is 34.0 Å². The number of hydrogen-bond acceptors (Lipinski definition) is 7. The number of fused-ring (bicyclic) bond motifs is 1. The van der Waals surface area contributed by atoms with Gasteiger partial charge in [-0.1, -0.05) is 6.07 Å². The average Bonchev–Trinajstić information content (AvgIpc) is 3.10. The summed E-state index contributed by atoms with van der Waals surface area (Å²) in [6.07, 6.45) is 2.44. The Labute approximate surface area is 162 Å². The maximum Gasteiger partial charge on any atom is 0.330 e. The van der Waals surface area contributed by atoms with Crippen LogP contribution in [0.15, 0.2) is 36.4 Å². The van der Waals surface area contributed by atoms with Crippen molar-refractivity contribution >= 4 is 12.0 Å². The van der Waals surface area contributed by atoms with Crippen LogP contribution in [0, 0.1) is 0 Å². The number of ether oxygens (including phenoxy) is 4. The van der Waals surface area contributed by atoms with Gasteiger partial charge in [0.15, 0.2) is 23.0 Å². The zero-order chi connectivity index (χ0) is 20.3. The van der Waals surface area contributed by atoms with E-state index in [1.54, 1.807) is 24.3 Å². The van der Waals surface area contributed by atoms with Gasteiger partial charge in [-0.3, -0.25) is 0 Å². The summed E-state index contributed by atoms with van der Waals surface area (Å²) in [6, 6.07) is 8.51. The molecule has 0 bridgehead atoms. The van der Waals surface area contributed by atoms with Crippen molar-refractivity contribution in [3.05, 3.63) is 53.1 Å². The number of methoxy groups -OCH3 is 3. The fraction of sp³-hybridized carbons (Fsp3) is 0.286. The van der Waals surface area contributed by atoms with E-state index in [4.69, 9.17) is 14.2 Å². The Morgan fingerprint density at radius 3 is 2.54 bits per heavy atom. The van der Waals surface area contributed by atoms with Gasteiger partial charge in [0.2, 0.25) is 0 Å². The van der Waals surface area contributed by atoms with E-state index in [0.717, 1.165) is 11.1 Å². The minimum atomic E-state index is -0.483. The third-order valence-corrected chi connectivity index (χ3v) is 4.68. The first-order chi connectivity index (χ1) is 13.5. The third kappa shape index (κ3) is 3.61. The topological polar surface area (TPSA) is 94.5 Å². The van der Waals surface area contributed by atoms with Crippen LogP contribution in [0.2, 0.25) is 0 Å². The number of carbonyl (C=O) groups is 1. The predicted octanol–water partition coefficient (Wildman–Crippen LogP) is 2.81. The molecule has 0 amide bonds. The molecule has 0 aromatic heterocycles. The standard InChI is InChI=1S/C21H22O7/c1-25-17-10-13(5-6-16(17)23)20-15(11-22)14-8-12(4-7-19(24)27-3)9-18(26-2)21(14)28-20/h4-10,15,20,22-23H,11H2,1-3H3/b7-4-/t15-,20-/m1/s1. The molecule has 0 saturated carbocycles. The number of benzene rings is 2. The number of phenolic OH excluding ortho intramolecular Hbond substituents is 1. The molecule has 0 fully saturated rings. The van der Waals surface area contributed by atoms with Crippen molar-refractivity contribution in [2.75, 3.05) is 27.9 Å². The van der Waals surface area contributed by atoms with Crippen LogP contribution < -0.4 is 14.2 Å². The van der Waals surface area contributed by atoms with Gasteiger partial charge in [0.25, 0.3) is 0 Å². The number of esters is 1. The molecule has 2 aromatic carbocycles. The highest BCUT2D eigenvalue weighted by atomic mass is 16.5. The second-order valence-corrected chi connectivity index (χ2v) is 6.26. The van der Waals surface area contributed by atoms with Crippen LogP contribution in [-0.4, -0.2) is 44.1 Å². The molecular weight excluding hydrogens is 364 g/mol. The first-order valence-corrected chi connectivity index (χ1v) is 8.64. The molecule has 148 valence electrons. The Kier molecular flexibility index (Phi) is 5.75. The lowest BCUT2D eigenvalue weighted by molar-refractivity contribution is -0.134. The Hall–Kier alpha value is -3.19. The highest BCUT2D eigenvalue weighted by Gasteiger charge is 2.37. The highest BCUT2D eigenvalue weighted by Crippen LogP contribution is 2.51. The second kappa shape index (κ2) is 8.22. The molecule has 2 atom stereocenters. The molecule has 0 aliphatic carbocycles. The van der Waals surface area contributed by atoms with Crippen molar-refractivity contribution in [2.24, 2.45) is 0 Å². The van der Waals surface area contributed by atoms with E-state index in [0.29, 0.717) is 22.8 Å². The van der Waals surface area contributed by atoms with Gasteiger partial charge in [0.05, 0.1) is 33.9 Å². The molecule has 1 heterocycles. The van der Waals surface area contributed by atoms with Gasteiger partial charge in [-0.05, 0) is 41.5 Å². The van der Waals surface area contributed by atoms with Crippen LogP contribution in [0.1, 0.15) is 28.7 Å². The van der Waals surface area contributed by atoms with Gasteiger partial charge in [0, 0.05) is 11.6 Å². The zero-order valence-corrected chi connectivity index (χ0v) is 15.8. The van der Waals surface area contributed by atoms with Crippen molar-refractivity contribution in [3.8, 4) is 23.0 Å². The fourth-order valence-corrected chi connectivity index (χ4v) is 3.27. The monoisotopic (exact) mass is 386 g/mol. The average molecular weight is 386 g/mol. The van der Waals surface area contributed by atoms with Crippen molar-refractivity contribution in [2.45, 2.75) is 12.0 Å². The highest BCUT2D eigenvalue weighted by molar-refractivity contribution is 5.87. The normalized spacial score (nSPS) is 17.9. The van der Waals surface area contributed by atoms with Crippen molar-refractivity contribution in [3.63, 3.8) is 0 Å². The largest absolute Gasteiger partial charge is 0.504 e. The van der Waals surface area contributed by atoms with E-state index in [2.05, 4.69) is 4.74 Å². The first kappa shape index (κ1) is 19.6. The SMILES string of the molecule is COC(=O)/C=C\c1cc(OC)c2c(c1)[C@@H](CO)[C@@H](c1ccc(O)c(OC)c1)O2. The molecule has 1 aliphatic heterocycles. The molecule has 0 saturated heterocycles. The molecule has 3 rings (SSSR count). The summed E-state index contributed by atoms with van der Waals surface area (Å²) >= 11 is 0. The molecule has 28 heavy (non-hydrogen) atoms. The van der Waals surface area contributed by atoms with Crippen molar-refractivity contribution in [1.82, 2.24) is 0 Å². The maximum atomic E-state index is 11.4. The summed E-state index contributed by atoms with van der Waals surface area (Å²) in [5.74, 6) is 0.549. The van der Waals surface area contributed by atoms with E-state index in [9.17, 15) is 15.0 Å². The minimum absolute atomic E-state index is 0.0233. The van der Waals surface area contributed by atoms with Gasteiger partial charge >= 0.3 is 5.97 Å². The Bertz CT molecular complexity index is 904. The lowest BCUT2D eigenvalue weighted by Gasteiger charge is -2.18. The molecular formula is C21H22O7. The van der Waals surface area contributed by atoms with Gasteiger partial charge in [0.1, 0.15) is 6.10 Å². The van der Waals surface area contributed by atoms with Gasteiger partial charge in [-0.2, -0.15) is 0 Å². The summed E-state index contributed by atoms with van der Waals surface area (Å²) < 4.78 is 21.4. The zero-order valence-electron chi connectivity index (χ0n) is 15.8. The Morgan fingerprint density at radius 1 is 1.14 bits per heavy atom. The number of aromatic hydroxyl groups is 1. The van der Waals surface area contributed by atoms with Crippen LogP contribution in [0.5, 0.6) is 23.0 Å². The summed E-state index contributed by atoms with van der Waals surface area (Å²) in [5, 5.41) is 19.9. The maximum absolute atomic E-state index is 11.4. The smallest absolute Gasteiger partial charge is 0.330 e. The molecule has 1 aliphatic rings.